The lowest BCUT2D eigenvalue weighted by Crippen LogP contribution is -2.39. The minimum absolute atomic E-state index is 0.0697. The molecule has 5 N–H and O–H groups in total. The van der Waals surface area contributed by atoms with Crippen LogP contribution in [-0.4, -0.2) is 62.8 Å². The molecule has 0 rings (SSSR count). The molecule has 1 unspecified atom stereocenters. The fraction of sp³-hybridized carbons (Fsp3) is 0.818. The third-order valence-corrected chi connectivity index (χ3v) is 2.64. The Hall–Kier alpha value is -1.03. The summed E-state index contributed by atoms with van der Waals surface area (Å²) in [5.41, 5.74) is -0.682. The largest absolute Gasteiger partial charge is 0.470 e. The molecule has 0 saturated carbocycles. The first-order valence-corrected chi connectivity index (χ1v) is 7.90. The average Bonchev–Trinajstić information content (AvgIpc) is 2.31. The van der Waals surface area contributed by atoms with Gasteiger partial charge in [0.25, 0.3) is 0 Å². The van der Waals surface area contributed by atoms with Gasteiger partial charge in [0.2, 0.25) is 0 Å². The molecule has 0 aliphatic heterocycles. The SMILES string of the molecule is CC(C)(C)OC(=O)NCCC(O)[C@H](O)C(=O)COP(=O)(O)O. The number of carbonyl (C=O) groups excluding carboxylic acids is 2. The molecule has 2 atom stereocenters. The van der Waals surface area contributed by atoms with Gasteiger partial charge in [-0.05, 0) is 27.2 Å². The van der Waals surface area contributed by atoms with Gasteiger partial charge in [-0.15, -0.1) is 0 Å². The Morgan fingerprint density at radius 1 is 1.23 bits per heavy atom. The number of hydrogen-bond donors (Lipinski definition) is 5. The third kappa shape index (κ3) is 10.7. The summed E-state index contributed by atoms with van der Waals surface area (Å²) in [5, 5.41) is 21.3. The molecule has 0 heterocycles. The van der Waals surface area contributed by atoms with E-state index in [1.54, 1.807) is 20.8 Å². The maximum absolute atomic E-state index is 11.3. The Kier molecular flexibility index (Phi) is 8.16. The lowest BCUT2D eigenvalue weighted by Gasteiger charge is -2.20. The van der Waals surface area contributed by atoms with E-state index in [-0.39, 0.29) is 13.0 Å². The first-order valence-electron chi connectivity index (χ1n) is 6.37. The van der Waals surface area contributed by atoms with Gasteiger partial charge >= 0.3 is 13.9 Å². The molecule has 1 amide bonds. The number of carbonyl (C=O) groups is 2. The van der Waals surface area contributed by atoms with Crippen LogP contribution in [0, 0.1) is 0 Å². The normalized spacial score (nSPS) is 15.0. The second-order valence-corrected chi connectivity index (χ2v) is 6.70. The molecule has 0 aromatic rings. The number of hydrogen-bond acceptors (Lipinski definition) is 7. The number of ketones is 1. The number of aliphatic hydroxyl groups excluding tert-OH is 2. The standard InChI is InChI=1S/C11H22NO9P/c1-11(2,3)21-10(16)12-5-4-7(13)9(15)8(14)6-20-22(17,18)19/h7,9,13,15H,4-6H2,1-3H3,(H,12,16)(H2,17,18,19)/t7?,9-/m0/s1. The fourth-order valence-electron chi connectivity index (χ4n) is 1.24. The van der Waals surface area contributed by atoms with Gasteiger partial charge in [-0.2, -0.15) is 0 Å². The van der Waals surface area contributed by atoms with Gasteiger partial charge in [0, 0.05) is 6.54 Å². The summed E-state index contributed by atoms with van der Waals surface area (Å²) in [7, 11) is -4.83. The number of aliphatic hydroxyl groups is 2. The lowest BCUT2D eigenvalue weighted by molar-refractivity contribution is -0.135. The monoisotopic (exact) mass is 343 g/mol. The van der Waals surface area contributed by atoms with E-state index in [2.05, 4.69) is 9.84 Å². The van der Waals surface area contributed by atoms with Gasteiger partial charge in [0.05, 0.1) is 6.10 Å². The van der Waals surface area contributed by atoms with Crippen molar-refractivity contribution in [1.82, 2.24) is 5.32 Å². The second kappa shape index (κ2) is 8.56. The highest BCUT2D eigenvalue weighted by atomic mass is 31.2. The molecule has 0 aromatic heterocycles. The molecule has 0 saturated heterocycles. The van der Waals surface area contributed by atoms with Gasteiger partial charge in [0.1, 0.15) is 18.3 Å². The predicted molar refractivity (Wildman–Crippen MR) is 73.9 cm³/mol. The Labute approximate surface area is 127 Å². The summed E-state index contributed by atoms with van der Waals surface area (Å²) >= 11 is 0. The minimum Gasteiger partial charge on any atom is -0.444 e. The van der Waals surface area contributed by atoms with Gasteiger partial charge in [-0.3, -0.25) is 9.32 Å². The summed E-state index contributed by atoms with van der Waals surface area (Å²) in [6.07, 6.45) is -4.29. The molecular formula is C11H22NO9P. The average molecular weight is 343 g/mol. The van der Waals surface area contributed by atoms with Crippen molar-refractivity contribution >= 4 is 19.7 Å². The summed E-state index contributed by atoms with van der Waals surface area (Å²) in [6, 6.07) is 0. The molecule has 0 bridgehead atoms. The van der Waals surface area contributed by atoms with E-state index in [1.807, 2.05) is 0 Å². The van der Waals surface area contributed by atoms with Crippen molar-refractivity contribution in [2.75, 3.05) is 13.2 Å². The number of phosphoric acid groups is 1. The number of alkyl carbamates (subject to hydrolysis) is 1. The fourth-order valence-corrected chi connectivity index (χ4v) is 1.54. The number of nitrogens with one attached hydrogen (secondary N) is 1. The maximum atomic E-state index is 11.3. The number of Topliss-reactive ketones (excluding diaryl/α,β-unsaturated/α-hetero) is 1. The van der Waals surface area contributed by atoms with Crippen molar-refractivity contribution in [2.24, 2.45) is 0 Å². The topological polar surface area (TPSA) is 163 Å². The van der Waals surface area contributed by atoms with Crippen molar-refractivity contribution in [3.63, 3.8) is 0 Å². The Balaban J connectivity index is 4.10. The van der Waals surface area contributed by atoms with Crippen LogP contribution < -0.4 is 5.32 Å². The van der Waals surface area contributed by atoms with Crippen molar-refractivity contribution in [3.8, 4) is 0 Å². The van der Waals surface area contributed by atoms with Crippen LogP contribution in [0.15, 0.2) is 0 Å². The highest BCUT2D eigenvalue weighted by Crippen LogP contribution is 2.35. The van der Waals surface area contributed by atoms with Crippen LogP contribution in [0.1, 0.15) is 27.2 Å². The van der Waals surface area contributed by atoms with Gasteiger partial charge in [-0.25, -0.2) is 9.36 Å². The van der Waals surface area contributed by atoms with Crippen LogP contribution in [0.3, 0.4) is 0 Å². The highest BCUT2D eigenvalue weighted by molar-refractivity contribution is 7.46. The van der Waals surface area contributed by atoms with Crippen molar-refractivity contribution in [3.05, 3.63) is 0 Å². The Morgan fingerprint density at radius 3 is 2.23 bits per heavy atom. The highest BCUT2D eigenvalue weighted by Gasteiger charge is 2.27. The zero-order valence-electron chi connectivity index (χ0n) is 12.6. The second-order valence-electron chi connectivity index (χ2n) is 5.46. The smallest absolute Gasteiger partial charge is 0.444 e. The lowest BCUT2D eigenvalue weighted by atomic mass is 10.1. The van der Waals surface area contributed by atoms with Crippen molar-refractivity contribution < 1.29 is 43.4 Å². The van der Waals surface area contributed by atoms with Crippen LogP contribution in [0.2, 0.25) is 0 Å². The molecule has 0 fully saturated rings. The molecule has 10 nitrogen and oxygen atoms in total. The number of ether oxygens (including phenoxy) is 1. The molecule has 0 aliphatic carbocycles. The first-order chi connectivity index (χ1) is 9.82. The van der Waals surface area contributed by atoms with Gasteiger partial charge in [0.15, 0.2) is 5.78 Å². The molecule has 11 heteroatoms. The quantitative estimate of drug-likeness (QED) is 0.359. The molecular weight excluding hydrogens is 321 g/mol. The molecule has 0 radical (unpaired) electrons. The predicted octanol–water partition coefficient (Wildman–Crippen LogP) is -0.699. The Bertz CT molecular complexity index is 428. The van der Waals surface area contributed by atoms with Crippen LogP contribution in [0.5, 0.6) is 0 Å². The summed E-state index contributed by atoms with van der Waals surface area (Å²) in [5.74, 6) is -1.09. The van der Waals surface area contributed by atoms with E-state index in [4.69, 9.17) is 14.5 Å². The van der Waals surface area contributed by atoms with Crippen LogP contribution in [-0.2, 0) is 18.6 Å². The number of phosphoric ester groups is 1. The van der Waals surface area contributed by atoms with E-state index in [1.165, 1.54) is 0 Å². The zero-order chi connectivity index (χ0) is 17.6. The summed E-state index contributed by atoms with van der Waals surface area (Å²) in [6.45, 7) is 3.91. The molecule has 130 valence electrons. The summed E-state index contributed by atoms with van der Waals surface area (Å²) < 4.78 is 19.3. The molecule has 0 aromatic carbocycles. The maximum Gasteiger partial charge on any atom is 0.470 e. The van der Waals surface area contributed by atoms with E-state index in [0.717, 1.165) is 0 Å². The number of amides is 1. The van der Waals surface area contributed by atoms with Gasteiger partial charge in [-0.1, -0.05) is 0 Å². The third-order valence-electron chi connectivity index (χ3n) is 2.18. The minimum atomic E-state index is -4.83. The first kappa shape index (κ1) is 21.0. The Morgan fingerprint density at radius 2 is 1.77 bits per heavy atom. The van der Waals surface area contributed by atoms with Crippen LogP contribution in [0.25, 0.3) is 0 Å². The molecule has 0 spiro atoms. The van der Waals surface area contributed by atoms with E-state index >= 15 is 0 Å². The van der Waals surface area contributed by atoms with E-state index in [9.17, 15) is 24.4 Å². The van der Waals surface area contributed by atoms with E-state index < -0.39 is 44.1 Å². The molecule has 22 heavy (non-hydrogen) atoms. The van der Waals surface area contributed by atoms with Gasteiger partial charge < -0.3 is 30.1 Å². The number of rotatable bonds is 8. The zero-order valence-corrected chi connectivity index (χ0v) is 13.4. The van der Waals surface area contributed by atoms with Crippen LogP contribution >= 0.6 is 7.82 Å². The summed E-state index contributed by atoms with van der Waals surface area (Å²) in [4.78, 5) is 39.5. The van der Waals surface area contributed by atoms with Crippen molar-refractivity contribution in [1.29, 1.82) is 0 Å². The molecule has 0 aliphatic rings. The van der Waals surface area contributed by atoms with Crippen molar-refractivity contribution in [2.45, 2.75) is 45.0 Å². The van der Waals surface area contributed by atoms with E-state index in [0.29, 0.717) is 0 Å². The van der Waals surface area contributed by atoms with Crippen LogP contribution in [0.4, 0.5) is 4.79 Å².